The lowest BCUT2D eigenvalue weighted by atomic mass is 9.92. The van der Waals surface area contributed by atoms with E-state index in [-0.39, 0.29) is 0 Å². The Hall–Kier alpha value is -1.62. The topological polar surface area (TPSA) is 62.7 Å². The van der Waals surface area contributed by atoms with Crippen LogP contribution in [0.1, 0.15) is 31.2 Å². The van der Waals surface area contributed by atoms with Crippen molar-refractivity contribution in [3.63, 3.8) is 0 Å². The van der Waals surface area contributed by atoms with E-state index in [1.807, 2.05) is 18.3 Å². The van der Waals surface area contributed by atoms with E-state index in [0.29, 0.717) is 18.2 Å². The average Bonchev–Trinajstić information content (AvgIpc) is 2.47. The van der Waals surface area contributed by atoms with Gasteiger partial charge in [0.15, 0.2) is 0 Å². The quantitative estimate of drug-likeness (QED) is 0.864. The van der Waals surface area contributed by atoms with E-state index in [1.165, 1.54) is 5.56 Å². The Kier molecular flexibility index (Phi) is 5.35. The van der Waals surface area contributed by atoms with Crippen molar-refractivity contribution in [2.24, 2.45) is 5.92 Å². The van der Waals surface area contributed by atoms with Crippen molar-refractivity contribution in [3.8, 4) is 5.88 Å². The number of nitrogens with zero attached hydrogens (tertiary/aromatic N) is 2. The second kappa shape index (κ2) is 7.24. The third kappa shape index (κ3) is 4.49. The second-order valence-corrected chi connectivity index (χ2v) is 5.36. The van der Waals surface area contributed by atoms with Crippen molar-refractivity contribution in [2.75, 3.05) is 20.2 Å². The number of rotatable bonds is 6. The van der Waals surface area contributed by atoms with Gasteiger partial charge >= 0.3 is 5.97 Å². The van der Waals surface area contributed by atoms with Crippen molar-refractivity contribution in [1.29, 1.82) is 0 Å². The van der Waals surface area contributed by atoms with E-state index in [1.54, 1.807) is 7.11 Å². The van der Waals surface area contributed by atoms with Crippen LogP contribution >= 0.6 is 0 Å². The van der Waals surface area contributed by atoms with Gasteiger partial charge in [-0.15, -0.1) is 0 Å². The van der Waals surface area contributed by atoms with Gasteiger partial charge in [-0.05, 0) is 43.8 Å². The highest BCUT2D eigenvalue weighted by molar-refractivity contribution is 5.66. The molecule has 0 spiro atoms. The molecule has 1 aromatic rings. The Bertz CT molecular complexity index is 425. The van der Waals surface area contributed by atoms with Gasteiger partial charge in [-0.2, -0.15) is 0 Å². The highest BCUT2D eigenvalue weighted by Gasteiger charge is 2.19. The zero-order chi connectivity index (χ0) is 14.4. The number of aromatic nitrogens is 1. The molecule has 20 heavy (non-hydrogen) atoms. The molecule has 5 nitrogen and oxygen atoms in total. The first-order chi connectivity index (χ1) is 9.67. The summed E-state index contributed by atoms with van der Waals surface area (Å²) < 4.78 is 5.05. The summed E-state index contributed by atoms with van der Waals surface area (Å²) in [5, 5.41) is 8.71. The Morgan fingerprint density at radius 2 is 2.20 bits per heavy atom. The van der Waals surface area contributed by atoms with Gasteiger partial charge < -0.3 is 9.84 Å². The fraction of sp³-hybridized carbons (Fsp3) is 0.600. The predicted molar refractivity (Wildman–Crippen MR) is 75.7 cm³/mol. The molecule has 5 heteroatoms. The first kappa shape index (κ1) is 14.8. The number of carboxylic acid groups (broad SMARTS) is 1. The van der Waals surface area contributed by atoms with E-state index >= 15 is 0 Å². The molecule has 0 bridgehead atoms. The maximum atomic E-state index is 10.6. The van der Waals surface area contributed by atoms with Crippen LogP contribution in [-0.2, 0) is 11.3 Å². The van der Waals surface area contributed by atoms with Gasteiger partial charge in [0.1, 0.15) is 0 Å². The van der Waals surface area contributed by atoms with Crippen LogP contribution in [0.2, 0.25) is 0 Å². The van der Waals surface area contributed by atoms with Gasteiger partial charge in [-0.25, -0.2) is 4.98 Å². The van der Waals surface area contributed by atoms with Crippen LogP contribution in [0, 0.1) is 5.92 Å². The van der Waals surface area contributed by atoms with Gasteiger partial charge in [-0.1, -0.05) is 6.07 Å². The third-order valence-electron chi connectivity index (χ3n) is 3.89. The van der Waals surface area contributed by atoms with Gasteiger partial charge in [-0.3, -0.25) is 9.69 Å². The number of carbonyl (C=O) groups is 1. The number of piperidine rings is 1. The maximum absolute atomic E-state index is 10.6. The average molecular weight is 278 g/mol. The zero-order valence-corrected chi connectivity index (χ0v) is 11.9. The molecule has 0 unspecified atom stereocenters. The van der Waals surface area contributed by atoms with Gasteiger partial charge in [0, 0.05) is 25.2 Å². The van der Waals surface area contributed by atoms with Crippen molar-refractivity contribution in [2.45, 2.75) is 32.2 Å². The first-order valence-corrected chi connectivity index (χ1v) is 7.10. The number of pyridine rings is 1. The molecule has 0 aromatic carbocycles. The Morgan fingerprint density at radius 1 is 1.45 bits per heavy atom. The molecule has 0 radical (unpaired) electrons. The summed E-state index contributed by atoms with van der Waals surface area (Å²) in [7, 11) is 1.61. The summed E-state index contributed by atoms with van der Waals surface area (Å²) in [6.07, 6.45) is 5.16. The zero-order valence-electron chi connectivity index (χ0n) is 11.9. The molecule has 2 heterocycles. The smallest absolute Gasteiger partial charge is 0.303 e. The molecule has 1 saturated heterocycles. The number of carboxylic acids is 1. The number of aliphatic carboxylic acids is 1. The number of hydrogen-bond acceptors (Lipinski definition) is 4. The lowest BCUT2D eigenvalue weighted by Gasteiger charge is -2.31. The molecule has 0 atom stereocenters. The lowest BCUT2D eigenvalue weighted by molar-refractivity contribution is -0.137. The fourth-order valence-corrected chi connectivity index (χ4v) is 2.64. The summed E-state index contributed by atoms with van der Waals surface area (Å²) in [6, 6.07) is 3.93. The molecule has 1 fully saturated rings. The molecule has 0 amide bonds. The lowest BCUT2D eigenvalue weighted by Crippen LogP contribution is -2.33. The SMILES string of the molecule is COc1ccc(CN2CCC(CCC(=O)O)CC2)cn1. The molecule has 0 aliphatic carbocycles. The third-order valence-corrected chi connectivity index (χ3v) is 3.89. The van der Waals surface area contributed by atoms with Crippen LogP contribution in [0.3, 0.4) is 0 Å². The van der Waals surface area contributed by atoms with Crippen LogP contribution in [0.15, 0.2) is 18.3 Å². The van der Waals surface area contributed by atoms with E-state index in [4.69, 9.17) is 9.84 Å². The van der Waals surface area contributed by atoms with Crippen LogP contribution in [0.25, 0.3) is 0 Å². The minimum atomic E-state index is -0.684. The molecular formula is C15H22N2O3. The second-order valence-electron chi connectivity index (χ2n) is 5.36. The predicted octanol–water partition coefficient (Wildman–Crippen LogP) is 2.17. The molecule has 1 aliphatic rings. The van der Waals surface area contributed by atoms with Crippen molar-refractivity contribution < 1.29 is 14.6 Å². The van der Waals surface area contributed by atoms with Gasteiger partial charge in [0.2, 0.25) is 5.88 Å². The summed E-state index contributed by atoms with van der Waals surface area (Å²) in [5.41, 5.74) is 1.19. The van der Waals surface area contributed by atoms with Gasteiger partial charge in [0.05, 0.1) is 7.11 Å². The Balaban J connectivity index is 1.74. The van der Waals surface area contributed by atoms with E-state index in [2.05, 4.69) is 9.88 Å². The highest BCUT2D eigenvalue weighted by Crippen LogP contribution is 2.23. The number of hydrogen-bond donors (Lipinski definition) is 1. The van der Waals surface area contributed by atoms with Crippen LogP contribution in [0.5, 0.6) is 5.88 Å². The van der Waals surface area contributed by atoms with Crippen LogP contribution in [0.4, 0.5) is 0 Å². The van der Waals surface area contributed by atoms with E-state index in [0.717, 1.165) is 38.9 Å². The molecule has 110 valence electrons. The number of ether oxygens (including phenoxy) is 1. The minimum Gasteiger partial charge on any atom is -0.481 e. The van der Waals surface area contributed by atoms with Crippen molar-refractivity contribution >= 4 is 5.97 Å². The van der Waals surface area contributed by atoms with Crippen molar-refractivity contribution in [1.82, 2.24) is 9.88 Å². The molecule has 2 rings (SSSR count). The van der Waals surface area contributed by atoms with Crippen LogP contribution in [-0.4, -0.2) is 41.2 Å². The molecule has 1 N–H and O–H groups in total. The fourth-order valence-electron chi connectivity index (χ4n) is 2.64. The minimum absolute atomic E-state index is 0.299. The molecule has 0 saturated carbocycles. The number of methoxy groups -OCH3 is 1. The summed E-state index contributed by atoms with van der Waals surface area (Å²) >= 11 is 0. The van der Waals surface area contributed by atoms with E-state index < -0.39 is 5.97 Å². The summed E-state index contributed by atoms with van der Waals surface area (Å²) in [6.45, 7) is 2.98. The number of likely N-dealkylation sites (tertiary alicyclic amines) is 1. The Labute approximate surface area is 119 Å². The normalized spacial score (nSPS) is 17.1. The van der Waals surface area contributed by atoms with E-state index in [9.17, 15) is 4.79 Å². The molecule has 1 aliphatic heterocycles. The maximum Gasteiger partial charge on any atom is 0.303 e. The highest BCUT2D eigenvalue weighted by atomic mass is 16.5. The molecule has 1 aromatic heterocycles. The standard InChI is InChI=1S/C15H22N2O3/c1-20-14-4-2-13(10-16-14)11-17-8-6-12(7-9-17)3-5-15(18)19/h2,4,10,12H,3,5-9,11H2,1H3,(H,18,19). The largest absolute Gasteiger partial charge is 0.481 e. The monoisotopic (exact) mass is 278 g/mol. The van der Waals surface area contributed by atoms with Crippen LogP contribution < -0.4 is 4.74 Å². The Morgan fingerprint density at radius 3 is 2.75 bits per heavy atom. The summed E-state index contributed by atoms with van der Waals surface area (Å²) in [5.74, 6) is 0.522. The first-order valence-electron chi connectivity index (χ1n) is 7.10. The summed E-state index contributed by atoms with van der Waals surface area (Å²) in [4.78, 5) is 17.2. The van der Waals surface area contributed by atoms with Gasteiger partial charge in [0.25, 0.3) is 0 Å². The van der Waals surface area contributed by atoms with Crippen molar-refractivity contribution in [3.05, 3.63) is 23.9 Å². The molecular weight excluding hydrogens is 256 g/mol.